The monoisotopic (exact) mass is 241 g/mol. The third-order valence-corrected chi connectivity index (χ3v) is 3.38. The summed E-state index contributed by atoms with van der Waals surface area (Å²) in [6.45, 7) is 0.994. The zero-order valence-corrected chi connectivity index (χ0v) is 10.0. The standard InChI is InChI=1S/C12H16ClNO2/c1-16-10-6-5-8(12(15)11(10)13)9-4-2-3-7-14-9/h5-6,9,14-15H,2-4,7H2,1H3. The van der Waals surface area contributed by atoms with Gasteiger partial charge >= 0.3 is 0 Å². The van der Waals surface area contributed by atoms with E-state index in [1.165, 1.54) is 12.8 Å². The van der Waals surface area contributed by atoms with E-state index in [4.69, 9.17) is 16.3 Å². The van der Waals surface area contributed by atoms with Crippen LogP contribution < -0.4 is 10.1 Å². The second kappa shape index (κ2) is 4.93. The number of phenolic OH excluding ortho intramolecular Hbond substituents is 1. The fourth-order valence-electron chi connectivity index (χ4n) is 2.12. The van der Waals surface area contributed by atoms with E-state index in [0.29, 0.717) is 10.8 Å². The summed E-state index contributed by atoms with van der Waals surface area (Å²) in [6.07, 6.45) is 3.41. The number of phenols is 1. The highest BCUT2D eigenvalue weighted by Gasteiger charge is 2.20. The number of ether oxygens (including phenoxy) is 1. The van der Waals surface area contributed by atoms with Crippen molar-refractivity contribution < 1.29 is 9.84 Å². The molecule has 0 bridgehead atoms. The molecule has 0 aliphatic carbocycles. The third-order valence-electron chi connectivity index (χ3n) is 3.02. The predicted octanol–water partition coefficient (Wildman–Crippen LogP) is 2.87. The largest absolute Gasteiger partial charge is 0.506 e. The number of hydrogen-bond acceptors (Lipinski definition) is 3. The maximum absolute atomic E-state index is 10.0. The molecule has 1 aliphatic heterocycles. The maximum atomic E-state index is 10.0. The Balaban J connectivity index is 2.30. The van der Waals surface area contributed by atoms with Gasteiger partial charge in [0.15, 0.2) is 0 Å². The molecule has 0 saturated carbocycles. The van der Waals surface area contributed by atoms with Gasteiger partial charge in [0.05, 0.1) is 7.11 Å². The lowest BCUT2D eigenvalue weighted by atomic mass is 9.96. The van der Waals surface area contributed by atoms with Crippen molar-refractivity contribution in [3.63, 3.8) is 0 Å². The Kier molecular flexibility index (Phi) is 3.56. The molecule has 1 heterocycles. The Bertz CT molecular complexity index is 376. The highest BCUT2D eigenvalue weighted by Crippen LogP contribution is 2.40. The Morgan fingerprint density at radius 1 is 1.44 bits per heavy atom. The number of rotatable bonds is 2. The second-order valence-electron chi connectivity index (χ2n) is 4.02. The lowest BCUT2D eigenvalue weighted by molar-refractivity contribution is 0.383. The summed E-state index contributed by atoms with van der Waals surface area (Å²) >= 11 is 6.01. The van der Waals surface area contributed by atoms with E-state index < -0.39 is 0 Å². The number of piperidine rings is 1. The molecule has 1 saturated heterocycles. The van der Waals surface area contributed by atoms with Crippen LogP contribution in [0.3, 0.4) is 0 Å². The van der Waals surface area contributed by atoms with Crippen LogP contribution in [0.1, 0.15) is 30.9 Å². The van der Waals surface area contributed by atoms with Crippen molar-refractivity contribution in [2.45, 2.75) is 25.3 Å². The zero-order valence-electron chi connectivity index (χ0n) is 9.29. The first-order chi connectivity index (χ1) is 7.74. The number of aromatic hydroxyl groups is 1. The first kappa shape index (κ1) is 11.6. The van der Waals surface area contributed by atoms with Crippen LogP contribution >= 0.6 is 11.6 Å². The molecule has 1 aromatic rings. The van der Waals surface area contributed by atoms with Gasteiger partial charge in [-0.1, -0.05) is 18.0 Å². The van der Waals surface area contributed by atoms with Crippen LogP contribution in [-0.4, -0.2) is 18.8 Å². The molecule has 1 aromatic carbocycles. The molecule has 0 spiro atoms. The van der Waals surface area contributed by atoms with Crippen molar-refractivity contribution in [1.82, 2.24) is 5.32 Å². The highest BCUT2D eigenvalue weighted by atomic mass is 35.5. The molecule has 0 aromatic heterocycles. The van der Waals surface area contributed by atoms with E-state index in [1.807, 2.05) is 6.07 Å². The topological polar surface area (TPSA) is 41.5 Å². The normalized spacial score (nSPS) is 20.8. The minimum atomic E-state index is 0.139. The van der Waals surface area contributed by atoms with Gasteiger partial charge in [0.25, 0.3) is 0 Å². The Morgan fingerprint density at radius 2 is 2.25 bits per heavy atom. The van der Waals surface area contributed by atoms with Gasteiger partial charge in [-0.25, -0.2) is 0 Å². The fourth-order valence-corrected chi connectivity index (χ4v) is 2.37. The molecule has 4 heteroatoms. The van der Waals surface area contributed by atoms with E-state index in [-0.39, 0.29) is 11.8 Å². The molecule has 2 N–H and O–H groups in total. The van der Waals surface area contributed by atoms with E-state index in [2.05, 4.69) is 5.32 Å². The van der Waals surface area contributed by atoms with Gasteiger partial charge in [0.1, 0.15) is 16.5 Å². The van der Waals surface area contributed by atoms with Gasteiger partial charge in [-0.2, -0.15) is 0 Å². The van der Waals surface area contributed by atoms with Crippen LogP contribution in [0.15, 0.2) is 12.1 Å². The van der Waals surface area contributed by atoms with E-state index in [0.717, 1.165) is 18.5 Å². The quantitative estimate of drug-likeness (QED) is 0.837. The van der Waals surface area contributed by atoms with Gasteiger partial charge in [-0.15, -0.1) is 0 Å². The average Bonchev–Trinajstić information content (AvgIpc) is 2.34. The summed E-state index contributed by atoms with van der Waals surface area (Å²) in [5, 5.41) is 13.7. The fraction of sp³-hybridized carbons (Fsp3) is 0.500. The Morgan fingerprint density at radius 3 is 2.88 bits per heavy atom. The first-order valence-electron chi connectivity index (χ1n) is 5.52. The summed E-state index contributed by atoms with van der Waals surface area (Å²) in [6, 6.07) is 3.88. The van der Waals surface area contributed by atoms with Gasteiger partial charge < -0.3 is 15.2 Å². The Hall–Kier alpha value is -0.930. The van der Waals surface area contributed by atoms with Crippen molar-refractivity contribution in [3.8, 4) is 11.5 Å². The molecule has 16 heavy (non-hydrogen) atoms. The number of hydrogen-bond donors (Lipinski definition) is 2. The lowest BCUT2D eigenvalue weighted by Gasteiger charge is -2.25. The number of methoxy groups -OCH3 is 1. The molecule has 88 valence electrons. The molecule has 0 radical (unpaired) electrons. The summed E-state index contributed by atoms with van der Waals surface area (Å²) in [5.41, 5.74) is 0.866. The van der Waals surface area contributed by atoms with Gasteiger partial charge in [-0.3, -0.25) is 0 Å². The maximum Gasteiger partial charge on any atom is 0.142 e. The molecule has 3 nitrogen and oxygen atoms in total. The molecular formula is C12H16ClNO2. The van der Waals surface area contributed by atoms with Crippen molar-refractivity contribution >= 4 is 11.6 Å². The van der Waals surface area contributed by atoms with Crippen molar-refractivity contribution in [1.29, 1.82) is 0 Å². The minimum Gasteiger partial charge on any atom is -0.506 e. The molecule has 1 unspecified atom stereocenters. The minimum absolute atomic E-state index is 0.139. The van der Waals surface area contributed by atoms with Crippen molar-refractivity contribution in [2.24, 2.45) is 0 Å². The molecular weight excluding hydrogens is 226 g/mol. The molecule has 0 amide bonds. The van der Waals surface area contributed by atoms with E-state index >= 15 is 0 Å². The summed E-state index contributed by atoms with van der Waals surface area (Å²) in [5.74, 6) is 0.652. The SMILES string of the molecule is COc1ccc(C2CCCCN2)c(O)c1Cl. The van der Waals surface area contributed by atoms with E-state index in [9.17, 15) is 5.11 Å². The molecule has 2 rings (SSSR count). The van der Waals surface area contributed by atoms with Crippen LogP contribution in [0.4, 0.5) is 0 Å². The number of halogens is 1. The molecule has 1 fully saturated rings. The van der Waals surface area contributed by atoms with Crippen LogP contribution in [0, 0.1) is 0 Å². The van der Waals surface area contributed by atoms with Crippen LogP contribution in [0.5, 0.6) is 11.5 Å². The number of nitrogens with one attached hydrogen (secondary N) is 1. The van der Waals surface area contributed by atoms with Crippen molar-refractivity contribution in [3.05, 3.63) is 22.7 Å². The average molecular weight is 242 g/mol. The van der Waals surface area contributed by atoms with Crippen molar-refractivity contribution in [2.75, 3.05) is 13.7 Å². The second-order valence-corrected chi connectivity index (χ2v) is 4.40. The van der Waals surface area contributed by atoms with Gasteiger partial charge in [0.2, 0.25) is 0 Å². The Labute approximate surface area is 100 Å². The van der Waals surface area contributed by atoms with Crippen LogP contribution in [0.2, 0.25) is 5.02 Å². The highest BCUT2D eigenvalue weighted by molar-refractivity contribution is 6.33. The molecule has 1 aliphatic rings. The van der Waals surface area contributed by atoms with Crippen LogP contribution in [-0.2, 0) is 0 Å². The predicted molar refractivity (Wildman–Crippen MR) is 64.3 cm³/mol. The first-order valence-corrected chi connectivity index (χ1v) is 5.90. The van der Waals surface area contributed by atoms with E-state index in [1.54, 1.807) is 13.2 Å². The summed E-state index contributed by atoms with van der Waals surface area (Å²) in [7, 11) is 1.54. The number of benzene rings is 1. The summed E-state index contributed by atoms with van der Waals surface area (Å²) in [4.78, 5) is 0. The smallest absolute Gasteiger partial charge is 0.142 e. The summed E-state index contributed by atoms with van der Waals surface area (Å²) < 4.78 is 5.06. The third kappa shape index (κ3) is 2.11. The zero-order chi connectivity index (χ0) is 11.5. The molecule has 1 atom stereocenters. The van der Waals surface area contributed by atoms with Gasteiger partial charge in [-0.05, 0) is 31.5 Å². The van der Waals surface area contributed by atoms with Crippen LogP contribution in [0.25, 0.3) is 0 Å². The van der Waals surface area contributed by atoms with Gasteiger partial charge in [0, 0.05) is 11.6 Å². The lowest BCUT2D eigenvalue weighted by Crippen LogP contribution is -2.26.